The molecule has 0 saturated carbocycles. The standard InChI is InChI=1S/C19H19N5O3/c1-26-16-9-8-15(18(10-16)27-2)11-20-22-19(25)13-24-12-17(21-23-24)14-6-4-3-5-7-14/h3-12H,13H2,1-2H3,(H,22,25)/b20-11+. The third kappa shape index (κ3) is 4.69. The lowest BCUT2D eigenvalue weighted by molar-refractivity contribution is -0.121. The van der Waals surface area contributed by atoms with E-state index >= 15 is 0 Å². The Morgan fingerprint density at radius 1 is 1.19 bits per heavy atom. The van der Waals surface area contributed by atoms with E-state index < -0.39 is 0 Å². The zero-order chi connectivity index (χ0) is 19.1. The molecular formula is C19H19N5O3. The van der Waals surface area contributed by atoms with Crippen LogP contribution in [-0.4, -0.2) is 41.3 Å². The zero-order valence-electron chi connectivity index (χ0n) is 15.0. The molecule has 1 N–H and O–H groups in total. The first-order chi connectivity index (χ1) is 13.2. The number of carbonyl (C=O) groups is 1. The van der Waals surface area contributed by atoms with Crippen LogP contribution in [0.15, 0.2) is 59.8 Å². The maximum Gasteiger partial charge on any atom is 0.261 e. The van der Waals surface area contributed by atoms with E-state index in [0.717, 1.165) is 5.56 Å². The first kappa shape index (κ1) is 18.1. The molecule has 0 radical (unpaired) electrons. The van der Waals surface area contributed by atoms with Gasteiger partial charge in [-0.3, -0.25) is 4.79 Å². The fourth-order valence-corrected chi connectivity index (χ4v) is 2.40. The molecule has 0 fully saturated rings. The molecule has 0 unspecified atom stereocenters. The van der Waals surface area contributed by atoms with Crippen molar-refractivity contribution in [3.8, 4) is 22.8 Å². The number of amides is 1. The number of hydrogen-bond acceptors (Lipinski definition) is 6. The summed E-state index contributed by atoms with van der Waals surface area (Å²) in [6.45, 7) is 0.0108. The predicted octanol–water partition coefficient (Wildman–Crippen LogP) is 2.11. The van der Waals surface area contributed by atoms with Crippen molar-refractivity contribution in [2.45, 2.75) is 6.54 Å². The monoisotopic (exact) mass is 365 g/mol. The van der Waals surface area contributed by atoms with Crippen LogP contribution in [-0.2, 0) is 11.3 Å². The van der Waals surface area contributed by atoms with Crippen LogP contribution in [0.4, 0.5) is 0 Å². The van der Waals surface area contributed by atoms with E-state index in [0.29, 0.717) is 22.8 Å². The van der Waals surface area contributed by atoms with Gasteiger partial charge in [-0.1, -0.05) is 35.5 Å². The van der Waals surface area contributed by atoms with Crippen LogP contribution in [0.5, 0.6) is 11.5 Å². The molecule has 1 aromatic heterocycles. The molecule has 2 aromatic carbocycles. The lowest BCUT2D eigenvalue weighted by Gasteiger charge is -2.06. The van der Waals surface area contributed by atoms with Gasteiger partial charge >= 0.3 is 0 Å². The van der Waals surface area contributed by atoms with Gasteiger partial charge in [0.2, 0.25) is 0 Å². The van der Waals surface area contributed by atoms with E-state index in [-0.39, 0.29) is 12.5 Å². The van der Waals surface area contributed by atoms with Gasteiger partial charge in [0.1, 0.15) is 23.7 Å². The van der Waals surface area contributed by atoms with Gasteiger partial charge in [-0.25, -0.2) is 10.1 Å². The molecule has 1 amide bonds. The number of aromatic nitrogens is 3. The quantitative estimate of drug-likeness (QED) is 0.512. The summed E-state index contributed by atoms with van der Waals surface area (Å²) in [5.41, 5.74) is 4.82. The van der Waals surface area contributed by atoms with E-state index in [1.165, 1.54) is 10.9 Å². The molecule has 0 aliphatic carbocycles. The molecule has 0 saturated heterocycles. The smallest absolute Gasteiger partial charge is 0.261 e. The van der Waals surface area contributed by atoms with Crippen molar-refractivity contribution in [2.24, 2.45) is 5.10 Å². The van der Waals surface area contributed by atoms with Crippen molar-refractivity contribution in [3.05, 3.63) is 60.3 Å². The molecule has 8 nitrogen and oxygen atoms in total. The number of nitrogens with one attached hydrogen (secondary N) is 1. The fraction of sp³-hybridized carbons (Fsp3) is 0.158. The zero-order valence-corrected chi connectivity index (χ0v) is 15.0. The molecule has 3 rings (SSSR count). The van der Waals surface area contributed by atoms with Gasteiger partial charge in [-0.05, 0) is 12.1 Å². The lowest BCUT2D eigenvalue weighted by atomic mass is 10.2. The number of hydrogen-bond donors (Lipinski definition) is 1. The van der Waals surface area contributed by atoms with Gasteiger partial charge in [-0.15, -0.1) is 5.10 Å². The van der Waals surface area contributed by atoms with Gasteiger partial charge in [0, 0.05) is 17.2 Å². The Balaban J connectivity index is 1.59. The summed E-state index contributed by atoms with van der Waals surface area (Å²) < 4.78 is 11.9. The van der Waals surface area contributed by atoms with Crippen LogP contribution in [0, 0.1) is 0 Å². The minimum atomic E-state index is -0.316. The molecule has 0 atom stereocenters. The molecule has 3 aromatic rings. The molecule has 1 heterocycles. The number of hydrazone groups is 1. The van der Waals surface area contributed by atoms with Crippen molar-refractivity contribution >= 4 is 12.1 Å². The molecule has 0 aliphatic rings. The van der Waals surface area contributed by atoms with Crippen LogP contribution in [0.25, 0.3) is 11.3 Å². The highest BCUT2D eigenvalue weighted by molar-refractivity contribution is 5.85. The minimum absolute atomic E-state index is 0.0108. The summed E-state index contributed by atoms with van der Waals surface area (Å²) in [5, 5.41) is 12.0. The van der Waals surface area contributed by atoms with E-state index in [4.69, 9.17) is 9.47 Å². The Morgan fingerprint density at radius 3 is 2.74 bits per heavy atom. The first-order valence-electron chi connectivity index (χ1n) is 8.19. The number of nitrogens with zero attached hydrogens (tertiary/aromatic N) is 4. The van der Waals surface area contributed by atoms with Crippen LogP contribution in [0.3, 0.4) is 0 Å². The maximum absolute atomic E-state index is 12.0. The Labute approximate surface area is 156 Å². The van der Waals surface area contributed by atoms with Crippen LogP contribution in [0.2, 0.25) is 0 Å². The highest BCUT2D eigenvalue weighted by Gasteiger charge is 2.07. The number of carbonyl (C=O) groups excluding carboxylic acids is 1. The van der Waals surface area contributed by atoms with Gasteiger partial charge in [0.25, 0.3) is 5.91 Å². The van der Waals surface area contributed by atoms with Crippen molar-refractivity contribution in [1.82, 2.24) is 20.4 Å². The summed E-state index contributed by atoms with van der Waals surface area (Å²) in [7, 11) is 3.13. The predicted molar refractivity (Wildman–Crippen MR) is 101 cm³/mol. The number of ether oxygens (including phenoxy) is 2. The average molecular weight is 365 g/mol. The largest absolute Gasteiger partial charge is 0.497 e. The van der Waals surface area contributed by atoms with E-state index in [1.807, 2.05) is 30.3 Å². The van der Waals surface area contributed by atoms with Crippen LogP contribution >= 0.6 is 0 Å². The summed E-state index contributed by atoms with van der Waals surface area (Å²) in [6, 6.07) is 14.9. The summed E-state index contributed by atoms with van der Waals surface area (Å²) in [5.74, 6) is 0.952. The summed E-state index contributed by atoms with van der Waals surface area (Å²) in [4.78, 5) is 12.0. The van der Waals surface area contributed by atoms with Crippen molar-refractivity contribution in [3.63, 3.8) is 0 Å². The molecule has 138 valence electrons. The Bertz CT molecular complexity index is 938. The van der Waals surface area contributed by atoms with Gasteiger partial charge in [0.05, 0.1) is 26.6 Å². The van der Waals surface area contributed by atoms with Crippen LogP contribution < -0.4 is 14.9 Å². The number of rotatable bonds is 7. The number of benzene rings is 2. The normalized spacial score (nSPS) is 10.7. The van der Waals surface area contributed by atoms with E-state index in [2.05, 4.69) is 20.8 Å². The minimum Gasteiger partial charge on any atom is -0.497 e. The highest BCUT2D eigenvalue weighted by atomic mass is 16.5. The van der Waals surface area contributed by atoms with Crippen molar-refractivity contribution in [2.75, 3.05) is 14.2 Å². The second-order valence-corrected chi connectivity index (χ2v) is 5.57. The Hall–Kier alpha value is -3.68. The van der Waals surface area contributed by atoms with Crippen molar-refractivity contribution in [1.29, 1.82) is 0 Å². The Morgan fingerprint density at radius 2 is 2.00 bits per heavy atom. The molecule has 0 spiro atoms. The summed E-state index contributed by atoms with van der Waals surface area (Å²) in [6.07, 6.45) is 3.22. The third-order valence-corrected chi connectivity index (χ3v) is 3.75. The molecular weight excluding hydrogens is 346 g/mol. The van der Waals surface area contributed by atoms with Crippen molar-refractivity contribution < 1.29 is 14.3 Å². The average Bonchev–Trinajstić information content (AvgIpc) is 3.17. The third-order valence-electron chi connectivity index (χ3n) is 3.75. The molecule has 27 heavy (non-hydrogen) atoms. The SMILES string of the molecule is COc1ccc(/C=N/NC(=O)Cn2cc(-c3ccccc3)nn2)c(OC)c1. The van der Waals surface area contributed by atoms with E-state index in [9.17, 15) is 4.79 Å². The van der Waals surface area contributed by atoms with Gasteiger partial charge in [0.15, 0.2) is 0 Å². The first-order valence-corrected chi connectivity index (χ1v) is 8.19. The maximum atomic E-state index is 12.0. The van der Waals surface area contributed by atoms with Gasteiger partial charge < -0.3 is 9.47 Å². The van der Waals surface area contributed by atoms with Crippen LogP contribution in [0.1, 0.15) is 5.56 Å². The Kier molecular flexibility index (Phi) is 5.78. The van der Waals surface area contributed by atoms with E-state index in [1.54, 1.807) is 38.6 Å². The molecule has 0 aliphatic heterocycles. The fourth-order valence-electron chi connectivity index (χ4n) is 2.40. The summed E-state index contributed by atoms with van der Waals surface area (Å²) >= 11 is 0. The second kappa shape index (κ2) is 8.61. The highest BCUT2D eigenvalue weighted by Crippen LogP contribution is 2.23. The molecule has 8 heteroatoms. The lowest BCUT2D eigenvalue weighted by Crippen LogP contribution is -2.23. The number of methoxy groups -OCH3 is 2. The molecule has 0 bridgehead atoms. The van der Waals surface area contributed by atoms with Gasteiger partial charge in [-0.2, -0.15) is 5.10 Å². The second-order valence-electron chi connectivity index (χ2n) is 5.57. The topological polar surface area (TPSA) is 90.6 Å².